The van der Waals surface area contributed by atoms with Crippen molar-refractivity contribution in [3.8, 4) is 5.75 Å². The maximum Gasteiger partial charge on any atom is 0.246 e. The molecule has 98 valence electrons. The van der Waals surface area contributed by atoms with Crippen LogP contribution in [0, 0.1) is 0 Å². The van der Waals surface area contributed by atoms with Crippen LogP contribution in [0.4, 0.5) is 5.69 Å². The van der Waals surface area contributed by atoms with Gasteiger partial charge >= 0.3 is 0 Å². The van der Waals surface area contributed by atoms with Gasteiger partial charge in [-0.1, -0.05) is 19.9 Å². The molecule has 0 aromatic heterocycles. The summed E-state index contributed by atoms with van der Waals surface area (Å²) in [6.07, 6.45) is 1.15. The molecule has 0 spiro atoms. The molecule has 0 radical (unpaired) electrons. The molecule has 1 aliphatic rings. The van der Waals surface area contributed by atoms with E-state index in [-0.39, 0.29) is 18.1 Å². The third kappa shape index (κ3) is 2.48. The lowest BCUT2D eigenvalue weighted by atomic mass is 10.1. The maximum atomic E-state index is 11.8. The molecule has 0 aliphatic carbocycles. The minimum Gasteiger partial charge on any atom is -0.491 e. The largest absolute Gasteiger partial charge is 0.491 e. The zero-order valence-electron chi connectivity index (χ0n) is 11.1. The summed E-state index contributed by atoms with van der Waals surface area (Å²) in [5, 5.41) is 6.05. The van der Waals surface area contributed by atoms with Gasteiger partial charge in [-0.2, -0.15) is 0 Å². The fourth-order valence-corrected chi connectivity index (χ4v) is 2.04. The number of hydrogen-bond donors (Lipinski definition) is 2. The quantitative estimate of drug-likeness (QED) is 0.841. The smallest absolute Gasteiger partial charge is 0.246 e. The molecular formula is C14H20N2O2. The predicted octanol–water partition coefficient (Wildman–Crippen LogP) is 2.47. The van der Waals surface area contributed by atoms with E-state index in [9.17, 15) is 4.79 Å². The average molecular weight is 248 g/mol. The van der Waals surface area contributed by atoms with E-state index in [1.54, 1.807) is 0 Å². The Morgan fingerprint density at radius 1 is 1.44 bits per heavy atom. The third-order valence-corrected chi connectivity index (χ3v) is 3.18. The molecule has 0 bridgehead atoms. The SMILES string of the molecule is CCNC1C(=O)Nc2cc(OC(C)CC)ccc21. The summed E-state index contributed by atoms with van der Waals surface area (Å²) in [5.74, 6) is 0.813. The molecule has 0 fully saturated rings. The van der Waals surface area contributed by atoms with Crippen molar-refractivity contribution < 1.29 is 9.53 Å². The second-order valence-electron chi connectivity index (χ2n) is 4.57. The van der Waals surface area contributed by atoms with Gasteiger partial charge in [-0.25, -0.2) is 0 Å². The monoisotopic (exact) mass is 248 g/mol. The van der Waals surface area contributed by atoms with Crippen LogP contribution >= 0.6 is 0 Å². The number of ether oxygens (including phenoxy) is 1. The van der Waals surface area contributed by atoms with E-state index in [0.717, 1.165) is 30.0 Å². The van der Waals surface area contributed by atoms with Gasteiger partial charge in [-0.05, 0) is 26.0 Å². The molecule has 18 heavy (non-hydrogen) atoms. The molecular weight excluding hydrogens is 228 g/mol. The van der Waals surface area contributed by atoms with E-state index < -0.39 is 0 Å². The molecule has 1 heterocycles. The third-order valence-electron chi connectivity index (χ3n) is 3.18. The summed E-state index contributed by atoms with van der Waals surface area (Å²) < 4.78 is 5.75. The number of amides is 1. The molecule has 1 aromatic carbocycles. The fraction of sp³-hybridized carbons (Fsp3) is 0.500. The number of hydrogen-bond acceptors (Lipinski definition) is 3. The zero-order chi connectivity index (χ0) is 13.1. The van der Waals surface area contributed by atoms with Crippen molar-refractivity contribution in [2.45, 2.75) is 39.3 Å². The molecule has 0 saturated carbocycles. The van der Waals surface area contributed by atoms with Gasteiger partial charge in [0.05, 0.1) is 6.10 Å². The van der Waals surface area contributed by atoms with Crippen LogP contribution in [0.1, 0.15) is 38.8 Å². The Bertz CT molecular complexity index is 445. The number of likely N-dealkylation sites (N-methyl/N-ethyl adjacent to an activating group) is 1. The summed E-state index contributed by atoms with van der Waals surface area (Å²) >= 11 is 0. The van der Waals surface area contributed by atoms with Crippen molar-refractivity contribution in [2.75, 3.05) is 11.9 Å². The van der Waals surface area contributed by atoms with Crippen molar-refractivity contribution in [1.82, 2.24) is 5.32 Å². The van der Waals surface area contributed by atoms with E-state index in [0.29, 0.717) is 0 Å². The molecule has 2 rings (SSSR count). The molecule has 4 heteroatoms. The van der Waals surface area contributed by atoms with Crippen LogP contribution in [0.15, 0.2) is 18.2 Å². The maximum absolute atomic E-state index is 11.8. The first-order valence-electron chi connectivity index (χ1n) is 6.50. The second kappa shape index (κ2) is 5.40. The average Bonchev–Trinajstić information content (AvgIpc) is 2.66. The van der Waals surface area contributed by atoms with Gasteiger partial charge in [0, 0.05) is 17.3 Å². The first-order chi connectivity index (χ1) is 8.65. The van der Waals surface area contributed by atoms with E-state index >= 15 is 0 Å². The summed E-state index contributed by atoms with van der Waals surface area (Å²) in [5.41, 5.74) is 1.85. The van der Waals surface area contributed by atoms with Gasteiger partial charge in [0.2, 0.25) is 5.91 Å². The number of carbonyl (C=O) groups excluding carboxylic acids is 1. The Hall–Kier alpha value is -1.55. The number of rotatable bonds is 5. The lowest BCUT2D eigenvalue weighted by Crippen LogP contribution is -2.27. The van der Waals surface area contributed by atoms with Gasteiger partial charge in [0.25, 0.3) is 0 Å². The highest BCUT2D eigenvalue weighted by atomic mass is 16.5. The summed E-state index contributed by atoms with van der Waals surface area (Å²) in [4.78, 5) is 11.8. The van der Waals surface area contributed by atoms with E-state index in [2.05, 4.69) is 17.6 Å². The first kappa shape index (κ1) is 12.9. The predicted molar refractivity (Wildman–Crippen MR) is 71.9 cm³/mol. The lowest BCUT2D eigenvalue weighted by molar-refractivity contribution is -0.117. The molecule has 0 saturated heterocycles. The van der Waals surface area contributed by atoms with Gasteiger partial charge in [0.1, 0.15) is 11.8 Å². The summed E-state index contributed by atoms with van der Waals surface area (Å²) in [7, 11) is 0. The number of nitrogens with one attached hydrogen (secondary N) is 2. The fourth-order valence-electron chi connectivity index (χ4n) is 2.04. The van der Waals surface area contributed by atoms with Crippen molar-refractivity contribution in [1.29, 1.82) is 0 Å². The molecule has 1 aliphatic heterocycles. The van der Waals surface area contributed by atoms with Crippen LogP contribution in [0.5, 0.6) is 5.75 Å². The van der Waals surface area contributed by atoms with Crippen LogP contribution < -0.4 is 15.4 Å². The lowest BCUT2D eigenvalue weighted by Gasteiger charge is -2.14. The van der Waals surface area contributed by atoms with Crippen LogP contribution in [0.25, 0.3) is 0 Å². The Labute approximate surface area is 108 Å². The van der Waals surface area contributed by atoms with Crippen molar-refractivity contribution in [2.24, 2.45) is 0 Å². The number of benzene rings is 1. The van der Waals surface area contributed by atoms with E-state index in [1.807, 2.05) is 32.0 Å². The molecule has 1 amide bonds. The number of anilines is 1. The first-order valence-corrected chi connectivity index (χ1v) is 6.50. The van der Waals surface area contributed by atoms with Gasteiger partial charge < -0.3 is 15.4 Å². The van der Waals surface area contributed by atoms with Crippen molar-refractivity contribution >= 4 is 11.6 Å². The highest BCUT2D eigenvalue weighted by molar-refractivity contribution is 6.02. The van der Waals surface area contributed by atoms with Crippen LogP contribution in [-0.2, 0) is 4.79 Å². The molecule has 2 N–H and O–H groups in total. The Kier molecular flexibility index (Phi) is 3.87. The molecule has 2 unspecified atom stereocenters. The number of carbonyl (C=O) groups is 1. The Morgan fingerprint density at radius 2 is 2.22 bits per heavy atom. The van der Waals surface area contributed by atoms with Crippen molar-refractivity contribution in [3.05, 3.63) is 23.8 Å². The molecule has 4 nitrogen and oxygen atoms in total. The second-order valence-corrected chi connectivity index (χ2v) is 4.57. The highest BCUT2D eigenvalue weighted by Gasteiger charge is 2.29. The summed E-state index contributed by atoms with van der Waals surface area (Å²) in [6.45, 7) is 6.88. The van der Waals surface area contributed by atoms with E-state index in [1.165, 1.54) is 0 Å². The molecule has 2 atom stereocenters. The zero-order valence-corrected chi connectivity index (χ0v) is 11.1. The van der Waals surface area contributed by atoms with Crippen LogP contribution in [0.3, 0.4) is 0 Å². The van der Waals surface area contributed by atoms with Gasteiger partial charge in [-0.15, -0.1) is 0 Å². The number of fused-ring (bicyclic) bond motifs is 1. The van der Waals surface area contributed by atoms with Gasteiger partial charge in [0.15, 0.2) is 0 Å². The Morgan fingerprint density at radius 3 is 2.89 bits per heavy atom. The minimum absolute atomic E-state index is 0.00698. The van der Waals surface area contributed by atoms with Crippen LogP contribution in [-0.4, -0.2) is 18.6 Å². The standard InChI is InChI=1S/C14H20N2O2/c1-4-9(3)18-10-6-7-11-12(8-10)16-14(17)13(11)15-5-2/h6-9,13,15H,4-5H2,1-3H3,(H,16,17). The minimum atomic E-state index is -0.234. The molecule has 1 aromatic rings. The normalized spacial score (nSPS) is 19.3. The van der Waals surface area contributed by atoms with Crippen LogP contribution in [0.2, 0.25) is 0 Å². The Balaban J connectivity index is 2.19. The highest BCUT2D eigenvalue weighted by Crippen LogP contribution is 2.33. The van der Waals surface area contributed by atoms with E-state index in [4.69, 9.17) is 4.74 Å². The summed E-state index contributed by atoms with van der Waals surface area (Å²) in [6, 6.07) is 5.55. The topological polar surface area (TPSA) is 50.4 Å². The van der Waals surface area contributed by atoms with Crippen molar-refractivity contribution in [3.63, 3.8) is 0 Å². The van der Waals surface area contributed by atoms with Gasteiger partial charge in [-0.3, -0.25) is 4.79 Å².